The Kier molecular flexibility index (Phi) is 5.03. The van der Waals surface area contributed by atoms with Crippen LogP contribution in [-0.4, -0.2) is 30.6 Å². The number of sulfonamides is 1. The molecule has 0 N–H and O–H groups in total. The lowest BCUT2D eigenvalue weighted by Gasteiger charge is -2.34. The minimum absolute atomic E-state index is 0.0839. The van der Waals surface area contributed by atoms with Gasteiger partial charge in [0.25, 0.3) is 0 Å². The molecule has 1 aliphatic rings. The summed E-state index contributed by atoms with van der Waals surface area (Å²) in [5.74, 6) is 0.0839. The Morgan fingerprint density at radius 2 is 1.84 bits per heavy atom. The maximum atomic E-state index is 12.4. The van der Waals surface area contributed by atoms with E-state index in [-0.39, 0.29) is 16.6 Å². The van der Waals surface area contributed by atoms with Crippen LogP contribution in [0.1, 0.15) is 31.2 Å². The molecule has 0 amide bonds. The zero-order valence-electron chi connectivity index (χ0n) is 11.1. The molecule has 1 aliphatic carbocycles. The average Bonchev–Trinajstić information content (AvgIpc) is 2.39. The van der Waals surface area contributed by atoms with E-state index in [0.29, 0.717) is 0 Å². The van der Waals surface area contributed by atoms with Crippen LogP contribution in [-0.2, 0) is 15.8 Å². The Morgan fingerprint density at radius 1 is 1.21 bits per heavy atom. The third-order valence-corrected chi connectivity index (χ3v) is 6.66. The van der Waals surface area contributed by atoms with Crippen molar-refractivity contribution in [1.29, 1.82) is 0 Å². The molecule has 0 aromatic heterocycles. The van der Waals surface area contributed by atoms with E-state index in [1.807, 2.05) is 30.3 Å². The minimum atomic E-state index is -3.24. The monoisotopic (exact) mass is 345 g/mol. The molecule has 0 heterocycles. The quantitative estimate of drug-likeness (QED) is 0.786. The third-order valence-electron chi connectivity index (χ3n) is 3.75. The van der Waals surface area contributed by atoms with Gasteiger partial charge in [0, 0.05) is 17.9 Å². The van der Waals surface area contributed by atoms with Crippen LogP contribution in [0.15, 0.2) is 30.3 Å². The number of hydrogen-bond acceptors (Lipinski definition) is 2. The Balaban J connectivity index is 2.10. The predicted molar refractivity (Wildman–Crippen MR) is 81.8 cm³/mol. The molecule has 0 radical (unpaired) electrons. The fourth-order valence-electron chi connectivity index (χ4n) is 2.57. The molecular weight excluding hydrogens is 326 g/mol. The number of nitrogens with zero attached hydrogens (tertiary/aromatic N) is 1. The van der Waals surface area contributed by atoms with Crippen LogP contribution < -0.4 is 0 Å². The van der Waals surface area contributed by atoms with Gasteiger partial charge < -0.3 is 0 Å². The highest BCUT2D eigenvalue weighted by atomic mass is 79.9. The van der Waals surface area contributed by atoms with Crippen molar-refractivity contribution in [2.75, 3.05) is 7.05 Å². The standard InChI is InChI=1S/C14H20BrNO2S/c1-16(14-10-6-5-9-13(14)15)19(17,18)11-12-7-3-2-4-8-12/h2-4,7-8,13-14H,5-6,9-11H2,1H3. The number of benzene rings is 1. The summed E-state index contributed by atoms with van der Waals surface area (Å²) in [4.78, 5) is 0.275. The van der Waals surface area contributed by atoms with Gasteiger partial charge in [-0.3, -0.25) is 0 Å². The van der Waals surface area contributed by atoms with Crippen molar-refractivity contribution < 1.29 is 8.42 Å². The zero-order valence-corrected chi connectivity index (χ0v) is 13.5. The highest BCUT2D eigenvalue weighted by Crippen LogP contribution is 2.29. The second-order valence-electron chi connectivity index (χ2n) is 5.13. The second kappa shape index (κ2) is 6.37. The SMILES string of the molecule is CN(C1CCCCC1Br)S(=O)(=O)Cc1ccccc1. The number of hydrogen-bond donors (Lipinski definition) is 0. The Labute approximate surface area is 124 Å². The molecule has 0 bridgehead atoms. The van der Waals surface area contributed by atoms with Gasteiger partial charge in [0.15, 0.2) is 0 Å². The van der Waals surface area contributed by atoms with E-state index < -0.39 is 10.0 Å². The summed E-state index contributed by atoms with van der Waals surface area (Å²) in [6.45, 7) is 0. The van der Waals surface area contributed by atoms with Gasteiger partial charge in [-0.1, -0.05) is 59.1 Å². The molecular formula is C14H20BrNO2S. The van der Waals surface area contributed by atoms with Gasteiger partial charge in [-0.2, -0.15) is 0 Å². The maximum Gasteiger partial charge on any atom is 0.218 e. The third kappa shape index (κ3) is 3.80. The van der Waals surface area contributed by atoms with Crippen molar-refractivity contribution in [3.63, 3.8) is 0 Å². The highest BCUT2D eigenvalue weighted by molar-refractivity contribution is 9.09. The highest BCUT2D eigenvalue weighted by Gasteiger charge is 2.32. The minimum Gasteiger partial charge on any atom is -0.212 e. The average molecular weight is 346 g/mol. The van der Waals surface area contributed by atoms with Gasteiger partial charge >= 0.3 is 0 Å². The lowest BCUT2D eigenvalue weighted by molar-refractivity contribution is 0.297. The number of halogens is 1. The first-order valence-electron chi connectivity index (χ1n) is 6.64. The van der Waals surface area contributed by atoms with Crippen molar-refractivity contribution in [2.24, 2.45) is 0 Å². The van der Waals surface area contributed by atoms with Gasteiger partial charge in [-0.05, 0) is 18.4 Å². The van der Waals surface area contributed by atoms with E-state index in [2.05, 4.69) is 15.9 Å². The predicted octanol–water partition coefficient (Wildman–Crippen LogP) is 3.15. The number of rotatable bonds is 4. The lowest BCUT2D eigenvalue weighted by atomic mass is 9.96. The van der Waals surface area contributed by atoms with Crippen molar-refractivity contribution in [1.82, 2.24) is 4.31 Å². The molecule has 2 rings (SSSR count). The zero-order chi connectivity index (χ0) is 13.9. The van der Waals surface area contributed by atoms with Crippen molar-refractivity contribution in [3.8, 4) is 0 Å². The van der Waals surface area contributed by atoms with E-state index >= 15 is 0 Å². The Bertz CT molecular complexity index is 503. The topological polar surface area (TPSA) is 37.4 Å². The van der Waals surface area contributed by atoms with Crippen LogP contribution in [0.3, 0.4) is 0 Å². The summed E-state index contributed by atoms with van der Waals surface area (Å²) in [7, 11) is -1.53. The molecule has 0 saturated heterocycles. The van der Waals surface area contributed by atoms with Crippen LogP contribution in [0.5, 0.6) is 0 Å². The molecule has 3 nitrogen and oxygen atoms in total. The first-order chi connectivity index (χ1) is 9.00. The largest absolute Gasteiger partial charge is 0.218 e. The first-order valence-corrected chi connectivity index (χ1v) is 9.17. The Morgan fingerprint density at radius 3 is 2.47 bits per heavy atom. The van der Waals surface area contributed by atoms with E-state index in [1.54, 1.807) is 11.4 Å². The van der Waals surface area contributed by atoms with E-state index in [4.69, 9.17) is 0 Å². The van der Waals surface area contributed by atoms with Crippen LogP contribution in [0, 0.1) is 0 Å². The molecule has 5 heteroatoms. The molecule has 1 fully saturated rings. The maximum absolute atomic E-state index is 12.4. The molecule has 0 spiro atoms. The van der Waals surface area contributed by atoms with Crippen LogP contribution >= 0.6 is 15.9 Å². The van der Waals surface area contributed by atoms with Crippen LogP contribution in [0.2, 0.25) is 0 Å². The molecule has 2 atom stereocenters. The molecule has 2 unspecified atom stereocenters. The molecule has 1 saturated carbocycles. The van der Waals surface area contributed by atoms with Gasteiger partial charge in [0.1, 0.15) is 0 Å². The molecule has 19 heavy (non-hydrogen) atoms. The van der Waals surface area contributed by atoms with Crippen molar-refractivity contribution >= 4 is 26.0 Å². The summed E-state index contributed by atoms with van der Waals surface area (Å²) < 4.78 is 26.5. The fraction of sp³-hybridized carbons (Fsp3) is 0.571. The van der Waals surface area contributed by atoms with Gasteiger partial charge in [0.05, 0.1) is 5.75 Å². The smallest absolute Gasteiger partial charge is 0.212 e. The van der Waals surface area contributed by atoms with Gasteiger partial charge in [0.2, 0.25) is 10.0 Å². The van der Waals surface area contributed by atoms with E-state index in [1.165, 1.54) is 6.42 Å². The van der Waals surface area contributed by atoms with Crippen LogP contribution in [0.25, 0.3) is 0 Å². The summed E-state index contributed by atoms with van der Waals surface area (Å²) in [6.07, 6.45) is 4.28. The summed E-state index contributed by atoms with van der Waals surface area (Å²) >= 11 is 3.63. The molecule has 1 aromatic rings. The summed E-state index contributed by atoms with van der Waals surface area (Å²) in [6, 6.07) is 9.45. The molecule has 1 aromatic carbocycles. The van der Waals surface area contributed by atoms with E-state index in [0.717, 1.165) is 24.8 Å². The summed E-state index contributed by atoms with van der Waals surface area (Å²) in [5.41, 5.74) is 0.844. The van der Waals surface area contributed by atoms with Gasteiger partial charge in [-0.15, -0.1) is 0 Å². The molecule has 106 valence electrons. The fourth-order valence-corrected chi connectivity index (χ4v) is 5.15. The lowest BCUT2D eigenvalue weighted by Crippen LogP contribution is -2.44. The second-order valence-corrected chi connectivity index (χ2v) is 8.33. The van der Waals surface area contributed by atoms with E-state index in [9.17, 15) is 8.42 Å². The first kappa shape index (κ1) is 15.0. The summed E-state index contributed by atoms with van der Waals surface area (Å²) in [5, 5.41) is 0. The van der Waals surface area contributed by atoms with Crippen molar-refractivity contribution in [3.05, 3.63) is 35.9 Å². The van der Waals surface area contributed by atoms with Crippen molar-refractivity contribution in [2.45, 2.75) is 42.3 Å². The Hall–Kier alpha value is -0.390. The normalized spacial score (nSPS) is 24.6. The van der Waals surface area contributed by atoms with Crippen LogP contribution in [0.4, 0.5) is 0 Å². The molecule has 0 aliphatic heterocycles. The van der Waals surface area contributed by atoms with Gasteiger partial charge in [-0.25, -0.2) is 12.7 Å². The number of alkyl halides is 1.